The summed E-state index contributed by atoms with van der Waals surface area (Å²) in [5, 5.41) is 11.7. The number of hydrogen-bond donors (Lipinski definition) is 0. The molecular formula is C9H9BrClNO3. The van der Waals surface area contributed by atoms with E-state index in [2.05, 4.69) is 15.9 Å². The van der Waals surface area contributed by atoms with Crippen LogP contribution in [0.2, 0.25) is 5.02 Å². The van der Waals surface area contributed by atoms with Crippen LogP contribution < -0.4 is 4.74 Å². The van der Waals surface area contributed by atoms with Gasteiger partial charge in [0.15, 0.2) is 0 Å². The summed E-state index contributed by atoms with van der Waals surface area (Å²) in [6.07, 6.45) is 0.766. The molecule has 0 aliphatic rings. The van der Waals surface area contributed by atoms with Crippen LogP contribution in [0.1, 0.15) is 6.42 Å². The number of benzene rings is 1. The molecule has 0 amide bonds. The fraction of sp³-hybridized carbons (Fsp3) is 0.333. The van der Waals surface area contributed by atoms with Crippen LogP contribution in [-0.4, -0.2) is 16.9 Å². The summed E-state index contributed by atoms with van der Waals surface area (Å²) in [6.45, 7) is 0.399. The summed E-state index contributed by atoms with van der Waals surface area (Å²) in [5.74, 6) is 0.144. The first-order valence-electron chi connectivity index (χ1n) is 4.28. The number of alkyl halides is 1. The van der Waals surface area contributed by atoms with Gasteiger partial charge in [0, 0.05) is 11.4 Å². The van der Waals surface area contributed by atoms with Gasteiger partial charge in [-0.3, -0.25) is 10.1 Å². The molecule has 1 aromatic rings. The van der Waals surface area contributed by atoms with E-state index in [1.807, 2.05) is 0 Å². The van der Waals surface area contributed by atoms with Gasteiger partial charge in [0.25, 0.3) is 0 Å². The molecule has 1 rings (SSSR count). The van der Waals surface area contributed by atoms with Gasteiger partial charge in [-0.25, -0.2) is 0 Å². The van der Waals surface area contributed by atoms with E-state index in [4.69, 9.17) is 16.3 Å². The number of hydrogen-bond acceptors (Lipinski definition) is 3. The summed E-state index contributed by atoms with van der Waals surface area (Å²) in [6, 6.07) is 4.46. The number of ether oxygens (including phenoxy) is 1. The molecule has 0 aliphatic carbocycles. The minimum Gasteiger partial charge on any atom is -0.486 e. The van der Waals surface area contributed by atoms with Crippen LogP contribution in [0.5, 0.6) is 5.75 Å². The van der Waals surface area contributed by atoms with Gasteiger partial charge in [0.2, 0.25) is 5.75 Å². The van der Waals surface area contributed by atoms with Gasteiger partial charge in [-0.05, 0) is 12.5 Å². The van der Waals surface area contributed by atoms with Crippen molar-refractivity contribution >= 4 is 33.2 Å². The lowest BCUT2D eigenvalue weighted by Gasteiger charge is -2.06. The molecule has 4 nitrogen and oxygen atoms in total. The highest BCUT2D eigenvalue weighted by Gasteiger charge is 2.17. The number of para-hydroxylation sites is 1. The monoisotopic (exact) mass is 293 g/mol. The van der Waals surface area contributed by atoms with E-state index in [0.717, 1.165) is 11.8 Å². The molecule has 0 N–H and O–H groups in total. The van der Waals surface area contributed by atoms with E-state index in [1.54, 1.807) is 6.07 Å². The topological polar surface area (TPSA) is 52.4 Å². The second-order valence-corrected chi connectivity index (χ2v) is 3.94. The Kier molecular flexibility index (Phi) is 4.84. The first-order chi connectivity index (χ1) is 7.16. The Labute approximate surface area is 100 Å². The molecule has 15 heavy (non-hydrogen) atoms. The number of halogens is 2. The third-order valence-electron chi connectivity index (χ3n) is 1.67. The van der Waals surface area contributed by atoms with Gasteiger partial charge in [-0.1, -0.05) is 33.6 Å². The molecule has 82 valence electrons. The van der Waals surface area contributed by atoms with Gasteiger partial charge in [0.05, 0.1) is 16.6 Å². The summed E-state index contributed by atoms with van der Waals surface area (Å²) >= 11 is 9.05. The van der Waals surface area contributed by atoms with Crippen LogP contribution >= 0.6 is 27.5 Å². The Morgan fingerprint density at radius 1 is 1.53 bits per heavy atom. The highest BCUT2D eigenvalue weighted by atomic mass is 79.9. The molecule has 6 heteroatoms. The largest absolute Gasteiger partial charge is 0.486 e. The van der Waals surface area contributed by atoms with Crippen LogP contribution in [-0.2, 0) is 0 Å². The van der Waals surface area contributed by atoms with Gasteiger partial charge in [-0.15, -0.1) is 0 Å². The quantitative estimate of drug-likeness (QED) is 0.362. The van der Waals surface area contributed by atoms with Crippen LogP contribution in [0.15, 0.2) is 18.2 Å². The Morgan fingerprint density at radius 3 is 2.87 bits per heavy atom. The van der Waals surface area contributed by atoms with Crippen molar-refractivity contribution in [1.82, 2.24) is 0 Å². The average molecular weight is 295 g/mol. The molecule has 0 saturated heterocycles. The third kappa shape index (κ3) is 3.35. The van der Waals surface area contributed by atoms with Gasteiger partial charge >= 0.3 is 5.69 Å². The van der Waals surface area contributed by atoms with Gasteiger partial charge in [0.1, 0.15) is 0 Å². The van der Waals surface area contributed by atoms with Crippen LogP contribution in [0.4, 0.5) is 5.69 Å². The first kappa shape index (κ1) is 12.3. The van der Waals surface area contributed by atoms with E-state index in [9.17, 15) is 10.1 Å². The zero-order valence-electron chi connectivity index (χ0n) is 7.78. The maximum atomic E-state index is 10.7. The summed E-state index contributed by atoms with van der Waals surface area (Å²) in [4.78, 5) is 10.2. The van der Waals surface area contributed by atoms with Crippen LogP contribution in [0, 0.1) is 10.1 Å². The van der Waals surface area contributed by atoms with Crippen molar-refractivity contribution in [3.8, 4) is 5.75 Å². The van der Waals surface area contributed by atoms with Crippen molar-refractivity contribution in [3.63, 3.8) is 0 Å². The molecule has 1 aromatic carbocycles. The van der Waals surface area contributed by atoms with Gasteiger partial charge < -0.3 is 4.74 Å². The third-order valence-corrected chi connectivity index (χ3v) is 2.53. The minimum absolute atomic E-state index is 0.0999. The van der Waals surface area contributed by atoms with Crippen molar-refractivity contribution in [3.05, 3.63) is 33.3 Å². The lowest BCUT2D eigenvalue weighted by Crippen LogP contribution is -2.01. The van der Waals surface area contributed by atoms with E-state index in [1.165, 1.54) is 12.1 Å². The Hall–Kier alpha value is -0.810. The number of nitrogens with zero attached hydrogens (tertiary/aromatic N) is 1. The Bertz CT molecular complexity index is 359. The molecule has 0 saturated carbocycles. The van der Waals surface area contributed by atoms with Crippen molar-refractivity contribution in [2.75, 3.05) is 11.9 Å². The highest BCUT2D eigenvalue weighted by molar-refractivity contribution is 9.09. The second kappa shape index (κ2) is 5.92. The predicted molar refractivity (Wildman–Crippen MR) is 62.0 cm³/mol. The molecule has 0 radical (unpaired) electrons. The number of nitro groups is 1. The van der Waals surface area contributed by atoms with E-state index in [-0.39, 0.29) is 16.5 Å². The molecule has 0 heterocycles. The zero-order valence-corrected chi connectivity index (χ0v) is 10.1. The molecule has 0 aliphatic heterocycles. The fourth-order valence-electron chi connectivity index (χ4n) is 1.01. The Balaban J connectivity index is 2.87. The maximum Gasteiger partial charge on any atom is 0.312 e. The molecule has 0 atom stereocenters. The number of nitro benzene ring substituents is 1. The SMILES string of the molecule is O=[N+]([O-])c1cccc(Cl)c1OCCCBr. The minimum atomic E-state index is -0.505. The zero-order chi connectivity index (χ0) is 11.3. The summed E-state index contributed by atoms with van der Waals surface area (Å²) < 4.78 is 5.27. The first-order valence-corrected chi connectivity index (χ1v) is 5.78. The van der Waals surface area contributed by atoms with E-state index in [0.29, 0.717) is 6.61 Å². The fourth-order valence-corrected chi connectivity index (χ4v) is 1.47. The smallest absolute Gasteiger partial charge is 0.312 e. The van der Waals surface area contributed by atoms with Crippen LogP contribution in [0.3, 0.4) is 0 Å². The summed E-state index contributed by atoms with van der Waals surface area (Å²) in [5.41, 5.74) is -0.0999. The highest BCUT2D eigenvalue weighted by Crippen LogP contribution is 2.34. The molecule has 0 spiro atoms. The molecule has 0 bridgehead atoms. The van der Waals surface area contributed by atoms with Gasteiger partial charge in [-0.2, -0.15) is 0 Å². The summed E-state index contributed by atoms with van der Waals surface area (Å²) in [7, 11) is 0. The van der Waals surface area contributed by atoms with Crippen molar-refractivity contribution in [2.45, 2.75) is 6.42 Å². The maximum absolute atomic E-state index is 10.7. The normalized spacial score (nSPS) is 10.0. The lowest BCUT2D eigenvalue weighted by molar-refractivity contribution is -0.385. The lowest BCUT2D eigenvalue weighted by atomic mass is 10.3. The average Bonchev–Trinajstić information content (AvgIpc) is 2.20. The van der Waals surface area contributed by atoms with E-state index >= 15 is 0 Å². The standard InChI is InChI=1S/C9H9BrClNO3/c10-5-2-6-15-9-7(11)3-1-4-8(9)12(13)14/h1,3-4H,2,5-6H2. The number of rotatable bonds is 5. The predicted octanol–water partition coefficient (Wildman–Crippen LogP) is 3.41. The molecule has 0 fully saturated rings. The van der Waals surface area contributed by atoms with E-state index < -0.39 is 4.92 Å². The van der Waals surface area contributed by atoms with Crippen molar-refractivity contribution in [1.29, 1.82) is 0 Å². The second-order valence-electron chi connectivity index (χ2n) is 2.74. The van der Waals surface area contributed by atoms with Crippen molar-refractivity contribution < 1.29 is 9.66 Å². The van der Waals surface area contributed by atoms with Crippen molar-refractivity contribution in [2.24, 2.45) is 0 Å². The molecule has 0 unspecified atom stereocenters. The van der Waals surface area contributed by atoms with Crippen LogP contribution in [0.25, 0.3) is 0 Å². The Morgan fingerprint density at radius 2 is 2.27 bits per heavy atom. The molecule has 0 aromatic heterocycles. The molecular weight excluding hydrogens is 285 g/mol.